The van der Waals surface area contributed by atoms with E-state index in [0.717, 1.165) is 48.9 Å². The molecule has 0 aliphatic heterocycles. The number of ether oxygens (including phenoxy) is 1. The number of anilines is 1. The van der Waals surface area contributed by atoms with E-state index in [0.29, 0.717) is 12.5 Å². The summed E-state index contributed by atoms with van der Waals surface area (Å²) in [6, 6.07) is 0. The molecule has 0 spiro atoms. The molecule has 1 aromatic rings. The van der Waals surface area contributed by atoms with Gasteiger partial charge >= 0.3 is 0 Å². The molecule has 0 radical (unpaired) electrons. The van der Waals surface area contributed by atoms with Crippen molar-refractivity contribution >= 4 is 5.82 Å². The zero-order valence-corrected chi connectivity index (χ0v) is 12.9. The molecule has 19 heavy (non-hydrogen) atoms. The Kier molecular flexibility index (Phi) is 6.60. The number of hydrogen-bond acceptors (Lipinski definition) is 4. The van der Waals surface area contributed by atoms with Crippen LogP contribution in [-0.4, -0.2) is 23.1 Å². The molecular formula is C15H27N3O. The largest absolute Gasteiger partial charge is 0.477 e. The maximum atomic E-state index is 5.81. The SMILES string of the molecule is CCCNc1nc(CCC)nc(OCC(C)C)c1C. The van der Waals surface area contributed by atoms with Gasteiger partial charge in [-0.25, -0.2) is 4.98 Å². The maximum Gasteiger partial charge on any atom is 0.221 e. The van der Waals surface area contributed by atoms with E-state index in [-0.39, 0.29) is 0 Å². The van der Waals surface area contributed by atoms with E-state index in [1.165, 1.54) is 0 Å². The van der Waals surface area contributed by atoms with Crippen molar-refractivity contribution in [2.45, 2.75) is 53.9 Å². The van der Waals surface area contributed by atoms with Gasteiger partial charge in [0.25, 0.3) is 0 Å². The lowest BCUT2D eigenvalue weighted by atomic mass is 10.2. The number of hydrogen-bond donors (Lipinski definition) is 1. The monoisotopic (exact) mass is 265 g/mol. The Morgan fingerprint density at radius 2 is 1.89 bits per heavy atom. The average Bonchev–Trinajstić information content (AvgIpc) is 2.37. The van der Waals surface area contributed by atoms with Gasteiger partial charge in [0.15, 0.2) is 0 Å². The Hall–Kier alpha value is -1.32. The van der Waals surface area contributed by atoms with Crippen molar-refractivity contribution in [3.63, 3.8) is 0 Å². The Morgan fingerprint density at radius 1 is 1.16 bits per heavy atom. The highest BCUT2D eigenvalue weighted by Crippen LogP contribution is 2.23. The number of aromatic nitrogens is 2. The number of aryl methyl sites for hydroxylation is 1. The molecule has 4 nitrogen and oxygen atoms in total. The molecule has 0 atom stereocenters. The summed E-state index contributed by atoms with van der Waals surface area (Å²) in [5.41, 5.74) is 1.01. The van der Waals surface area contributed by atoms with E-state index in [4.69, 9.17) is 4.74 Å². The third-order valence-electron chi connectivity index (χ3n) is 2.72. The first-order valence-electron chi connectivity index (χ1n) is 7.32. The quantitative estimate of drug-likeness (QED) is 0.780. The summed E-state index contributed by atoms with van der Waals surface area (Å²) in [4.78, 5) is 9.11. The number of rotatable bonds is 8. The van der Waals surface area contributed by atoms with Crippen molar-refractivity contribution in [2.24, 2.45) is 5.92 Å². The van der Waals surface area contributed by atoms with Gasteiger partial charge in [-0.1, -0.05) is 27.7 Å². The summed E-state index contributed by atoms with van der Waals surface area (Å²) >= 11 is 0. The molecule has 0 aliphatic carbocycles. The molecule has 0 unspecified atom stereocenters. The van der Waals surface area contributed by atoms with E-state index in [2.05, 4.69) is 43.0 Å². The van der Waals surface area contributed by atoms with Crippen LogP contribution in [0.4, 0.5) is 5.82 Å². The predicted molar refractivity (Wildman–Crippen MR) is 79.9 cm³/mol. The molecule has 0 amide bonds. The highest BCUT2D eigenvalue weighted by Gasteiger charge is 2.12. The lowest BCUT2D eigenvalue weighted by molar-refractivity contribution is 0.258. The lowest BCUT2D eigenvalue weighted by Gasteiger charge is -2.15. The van der Waals surface area contributed by atoms with Gasteiger partial charge < -0.3 is 10.1 Å². The maximum absolute atomic E-state index is 5.81. The average molecular weight is 265 g/mol. The molecule has 0 saturated carbocycles. The van der Waals surface area contributed by atoms with Crippen molar-refractivity contribution in [1.82, 2.24) is 9.97 Å². The van der Waals surface area contributed by atoms with Gasteiger partial charge in [-0.2, -0.15) is 4.98 Å². The summed E-state index contributed by atoms with van der Waals surface area (Å²) < 4.78 is 5.81. The smallest absolute Gasteiger partial charge is 0.221 e. The second-order valence-electron chi connectivity index (χ2n) is 5.30. The summed E-state index contributed by atoms with van der Waals surface area (Å²) in [7, 11) is 0. The summed E-state index contributed by atoms with van der Waals surface area (Å²) in [5, 5.41) is 3.36. The fourth-order valence-corrected chi connectivity index (χ4v) is 1.68. The first-order valence-corrected chi connectivity index (χ1v) is 7.32. The normalized spacial score (nSPS) is 10.8. The molecular weight excluding hydrogens is 238 g/mol. The molecule has 108 valence electrons. The second-order valence-corrected chi connectivity index (χ2v) is 5.30. The minimum absolute atomic E-state index is 0.496. The van der Waals surface area contributed by atoms with Crippen LogP contribution in [0.25, 0.3) is 0 Å². The zero-order valence-electron chi connectivity index (χ0n) is 12.9. The van der Waals surface area contributed by atoms with Gasteiger partial charge in [0.2, 0.25) is 5.88 Å². The lowest BCUT2D eigenvalue weighted by Crippen LogP contribution is -2.12. The van der Waals surface area contributed by atoms with Crippen LogP contribution in [0.2, 0.25) is 0 Å². The van der Waals surface area contributed by atoms with Crippen LogP contribution < -0.4 is 10.1 Å². The van der Waals surface area contributed by atoms with E-state index in [9.17, 15) is 0 Å². The Bertz CT molecular complexity index is 391. The molecule has 0 bridgehead atoms. The summed E-state index contributed by atoms with van der Waals surface area (Å²) in [6.45, 7) is 12.2. The molecule has 1 heterocycles. The first kappa shape index (κ1) is 15.7. The molecule has 0 saturated heterocycles. The van der Waals surface area contributed by atoms with Gasteiger partial charge in [0.1, 0.15) is 11.6 Å². The molecule has 1 rings (SSSR count). The van der Waals surface area contributed by atoms with E-state index in [1.54, 1.807) is 0 Å². The first-order chi connectivity index (χ1) is 9.08. The van der Waals surface area contributed by atoms with Crippen LogP contribution >= 0.6 is 0 Å². The van der Waals surface area contributed by atoms with E-state index < -0.39 is 0 Å². The fraction of sp³-hybridized carbons (Fsp3) is 0.733. The van der Waals surface area contributed by atoms with Gasteiger partial charge in [-0.05, 0) is 25.7 Å². The Balaban J connectivity index is 2.94. The zero-order chi connectivity index (χ0) is 14.3. The molecule has 0 aromatic carbocycles. The highest BCUT2D eigenvalue weighted by atomic mass is 16.5. The fourth-order valence-electron chi connectivity index (χ4n) is 1.68. The highest BCUT2D eigenvalue weighted by molar-refractivity contribution is 5.48. The van der Waals surface area contributed by atoms with Gasteiger partial charge in [0.05, 0.1) is 12.2 Å². The van der Waals surface area contributed by atoms with Crippen LogP contribution in [-0.2, 0) is 6.42 Å². The molecule has 4 heteroatoms. The van der Waals surface area contributed by atoms with Crippen LogP contribution in [0.3, 0.4) is 0 Å². The molecule has 0 fully saturated rings. The van der Waals surface area contributed by atoms with Crippen LogP contribution in [0, 0.1) is 12.8 Å². The van der Waals surface area contributed by atoms with Crippen LogP contribution in [0.15, 0.2) is 0 Å². The second kappa shape index (κ2) is 7.97. The van der Waals surface area contributed by atoms with Crippen molar-refractivity contribution in [3.8, 4) is 5.88 Å². The minimum atomic E-state index is 0.496. The molecule has 0 aliphatic rings. The van der Waals surface area contributed by atoms with E-state index >= 15 is 0 Å². The van der Waals surface area contributed by atoms with Gasteiger partial charge in [0, 0.05) is 13.0 Å². The predicted octanol–water partition coefficient (Wildman–Crippen LogP) is 3.59. The third kappa shape index (κ3) is 5.05. The summed E-state index contributed by atoms with van der Waals surface area (Å²) in [6.07, 6.45) is 3.01. The Morgan fingerprint density at radius 3 is 2.47 bits per heavy atom. The number of nitrogens with one attached hydrogen (secondary N) is 1. The van der Waals surface area contributed by atoms with Crippen molar-refractivity contribution in [1.29, 1.82) is 0 Å². The van der Waals surface area contributed by atoms with Crippen LogP contribution in [0.1, 0.15) is 51.9 Å². The molecule has 1 N–H and O–H groups in total. The van der Waals surface area contributed by atoms with Crippen molar-refractivity contribution < 1.29 is 4.74 Å². The summed E-state index contributed by atoms with van der Waals surface area (Å²) in [5.74, 6) is 3.01. The third-order valence-corrected chi connectivity index (χ3v) is 2.72. The Labute approximate surface area is 117 Å². The van der Waals surface area contributed by atoms with Crippen LogP contribution in [0.5, 0.6) is 5.88 Å². The van der Waals surface area contributed by atoms with Gasteiger partial charge in [-0.15, -0.1) is 0 Å². The standard InChI is InChI=1S/C15H27N3O/c1-6-8-13-17-14(16-9-7-2)12(5)15(18-13)19-10-11(3)4/h11H,6-10H2,1-5H3,(H,16,17,18). The van der Waals surface area contributed by atoms with Crippen molar-refractivity contribution in [2.75, 3.05) is 18.5 Å². The minimum Gasteiger partial charge on any atom is -0.477 e. The van der Waals surface area contributed by atoms with E-state index in [1.807, 2.05) is 6.92 Å². The molecule has 1 aromatic heterocycles. The number of nitrogens with zero attached hydrogens (tertiary/aromatic N) is 2. The van der Waals surface area contributed by atoms with Gasteiger partial charge in [-0.3, -0.25) is 0 Å². The topological polar surface area (TPSA) is 47.0 Å². The van der Waals surface area contributed by atoms with Crippen molar-refractivity contribution in [3.05, 3.63) is 11.4 Å².